The molecule has 0 aromatic heterocycles. The third-order valence-corrected chi connectivity index (χ3v) is 0.832. The molecule has 0 aliphatic heterocycles. The Kier molecular flexibility index (Phi) is 5.23. The van der Waals surface area contributed by atoms with Gasteiger partial charge in [0.2, 0.25) is 0 Å². The molecule has 0 heterocycles. The fourth-order valence-electron chi connectivity index (χ4n) is 0.258. The summed E-state index contributed by atoms with van der Waals surface area (Å²) in [6, 6.07) is 0. The summed E-state index contributed by atoms with van der Waals surface area (Å²) in [5.41, 5.74) is 2.35. The maximum atomic E-state index is 9.79. The number of hydrogen-bond acceptors (Lipinski definition) is 3. The second-order valence-electron chi connectivity index (χ2n) is 1.25. The Balaban J connectivity index is 3.17. The van der Waals surface area contributed by atoms with Gasteiger partial charge in [-0.1, -0.05) is 0 Å². The van der Waals surface area contributed by atoms with E-state index in [4.69, 9.17) is 5.11 Å². The minimum absolute atomic E-state index is 0.123. The molecule has 5 heteroatoms. The number of carboxylic acids is 1. The Bertz CT molecular complexity index is 183. The van der Waals surface area contributed by atoms with Crippen molar-refractivity contribution in [2.24, 2.45) is 0 Å². The molecule has 0 rings (SSSR count). The molecule has 0 radical (unpaired) electrons. The summed E-state index contributed by atoms with van der Waals surface area (Å²) in [7, 11) is -0.198. The van der Waals surface area contributed by atoms with Crippen molar-refractivity contribution in [3.05, 3.63) is 0 Å². The first-order valence-electron chi connectivity index (χ1n) is 2.25. The van der Waals surface area contributed by atoms with Crippen LogP contribution in [0, 0.1) is 5.63 Å². The van der Waals surface area contributed by atoms with Crippen LogP contribution < -0.4 is 5.32 Å². The predicted octanol–water partition coefficient (Wildman–Crippen LogP) is -0.0885. The molecule has 0 bridgehead atoms. The molecule has 0 fully saturated rings. The topological polar surface area (TPSA) is 66.4 Å². The molecule has 0 saturated heterocycles. The number of rotatable bonds is 3. The molecular weight excluding hydrogens is 141 g/mol. The number of hydrogen-bond donors (Lipinski definition) is 2. The Labute approximate surface area is 53.4 Å². The van der Waals surface area contributed by atoms with E-state index in [9.17, 15) is 9.36 Å². The van der Waals surface area contributed by atoms with Crippen LogP contribution in [-0.4, -0.2) is 24.2 Å². The molecule has 0 atom stereocenters. The van der Waals surface area contributed by atoms with Gasteiger partial charge in [-0.05, 0) is 0 Å². The van der Waals surface area contributed by atoms with Gasteiger partial charge >= 0.3 is 52.4 Å². The van der Waals surface area contributed by atoms with E-state index in [1.807, 2.05) is 0 Å². The fourth-order valence-corrected chi connectivity index (χ4v) is 0.434. The van der Waals surface area contributed by atoms with Crippen LogP contribution in [0.1, 0.15) is 0 Å². The Hall–Kier alpha value is -0.560. The van der Waals surface area contributed by atoms with E-state index in [1.165, 1.54) is 0 Å². The van der Waals surface area contributed by atoms with E-state index < -0.39 is 5.97 Å². The normalized spacial score (nSPS) is 8.00. The van der Waals surface area contributed by atoms with Crippen LogP contribution in [0.2, 0.25) is 0 Å². The second-order valence-corrected chi connectivity index (χ2v) is 1.75. The van der Waals surface area contributed by atoms with Gasteiger partial charge in [-0.25, -0.2) is 0 Å². The van der Waals surface area contributed by atoms with E-state index in [0.717, 1.165) is 0 Å². The maximum absolute atomic E-state index is 9.79. The molecule has 0 aliphatic rings. The van der Waals surface area contributed by atoms with Crippen LogP contribution in [0.5, 0.6) is 0 Å². The van der Waals surface area contributed by atoms with Crippen molar-refractivity contribution in [3.63, 3.8) is 0 Å². The third kappa shape index (κ3) is 7.44. The second kappa shape index (κ2) is 5.57. The van der Waals surface area contributed by atoms with Crippen LogP contribution in [0.4, 0.5) is 0 Å². The van der Waals surface area contributed by atoms with Gasteiger partial charge < -0.3 is 0 Å². The molecule has 9 heavy (non-hydrogen) atoms. The van der Waals surface area contributed by atoms with Crippen LogP contribution in [-0.2, 0) is 9.36 Å². The Morgan fingerprint density at radius 1 is 1.78 bits per heavy atom. The molecule has 0 amide bonds. The van der Waals surface area contributed by atoms with E-state index in [0.29, 0.717) is 0 Å². The average Bonchev–Trinajstić information content (AvgIpc) is 1.80. The first-order chi connectivity index (χ1) is 4.27. The van der Waals surface area contributed by atoms with E-state index in [2.05, 4.69) is 10.9 Å². The van der Waals surface area contributed by atoms with Gasteiger partial charge in [0.15, 0.2) is 0 Å². The van der Waals surface area contributed by atoms with Crippen LogP contribution >= 0.6 is 7.92 Å². The zero-order valence-electron chi connectivity index (χ0n) is 4.63. The van der Waals surface area contributed by atoms with E-state index in [-0.39, 0.29) is 21.0 Å². The van der Waals surface area contributed by atoms with Gasteiger partial charge in [0.05, 0.1) is 0 Å². The zero-order chi connectivity index (χ0) is 7.11. The SMILES string of the molecule is O=P#CCNCC(=O)O. The fraction of sp³-hybridized carbons (Fsp3) is 0.500. The molecule has 0 aromatic rings. The predicted molar refractivity (Wildman–Crippen MR) is 32.0 cm³/mol. The number of aliphatic carboxylic acids is 1. The van der Waals surface area contributed by atoms with Crippen LogP contribution in [0.15, 0.2) is 0 Å². The average molecular weight is 147 g/mol. The summed E-state index contributed by atoms with van der Waals surface area (Å²) >= 11 is 0. The molecule has 4 nitrogen and oxygen atoms in total. The van der Waals surface area contributed by atoms with E-state index >= 15 is 0 Å². The quantitative estimate of drug-likeness (QED) is 0.432. The molecule has 0 spiro atoms. The standard InChI is InChI=1S/C4H6NO3P/c6-4(7)3-5-1-2-9-8/h5H,1,3H2,(H,6,7). The van der Waals surface area contributed by atoms with Crippen molar-refractivity contribution in [1.29, 1.82) is 0 Å². The molecule has 0 aromatic carbocycles. The van der Waals surface area contributed by atoms with Crippen molar-refractivity contribution >= 4 is 13.9 Å². The van der Waals surface area contributed by atoms with Crippen molar-refractivity contribution in [2.45, 2.75) is 0 Å². The summed E-state index contributed by atoms with van der Waals surface area (Å²) < 4.78 is 9.65. The molecule has 2 N–H and O–H groups in total. The molecule has 50 valence electrons. The molecule has 0 unspecified atom stereocenters. The Morgan fingerprint density at radius 3 is 2.89 bits per heavy atom. The molecular formula is C4H6NO3P. The first kappa shape index (κ1) is 8.44. The van der Waals surface area contributed by atoms with Crippen LogP contribution in [0.3, 0.4) is 0 Å². The van der Waals surface area contributed by atoms with Gasteiger partial charge in [-0.15, -0.1) is 0 Å². The zero-order valence-corrected chi connectivity index (χ0v) is 5.52. The summed E-state index contributed by atoms with van der Waals surface area (Å²) in [5, 5.41) is 10.5. The van der Waals surface area contributed by atoms with Crippen molar-refractivity contribution in [1.82, 2.24) is 5.32 Å². The molecule has 0 aliphatic carbocycles. The van der Waals surface area contributed by atoms with Gasteiger partial charge in [0.1, 0.15) is 0 Å². The first-order valence-corrected chi connectivity index (χ1v) is 3.06. The Morgan fingerprint density at radius 2 is 2.44 bits per heavy atom. The summed E-state index contributed by atoms with van der Waals surface area (Å²) in [6.07, 6.45) is 0. The van der Waals surface area contributed by atoms with E-state index in [1.54, 1.807) is 0 Å². The third-order valence-electron chi connectivity index (χ3n) is 0.545. The van der Waals surface area contributed by atoms with Gasteiger partial charge in [0, 0.05) is 0 Å². The summed E-state index contributed by atoms with van der Waals surface area (Å²) in [4.78, 5) is 9.79. The summed E-state index contributed by atoms with van der Waals surface area (Å²) in [6.45, 7) is 0.111. The number of carboxylic acid groups (broad SMARTS) is 1. The van der Waals surface area contributed by atoms with Crippen LogP contribution in [0.25, 0.3) is 0 Å². The number of nitrogens with one attached hydrogen (secondary N) is 1. The van der Waals surface area contributed by atoms with Crippen molar-refractivity contribution in [2.75, 3.05) is 13.1 Å². The molecule has 0 saturated carbocycles. The van der Waals surface area contributed by atoms with Gasteiger partial charge in [-0.2, -0.15) is 0 Å². The van der Waals surface area contributed by atoms with Crippen molar-refractivity contribution < 1.29 is 14.5 Å². The minimum atomic E-state index is -0.931. The van der Waals surface area contributed by atoms with Crippen molar-refractivity contribution in [3.8, 4) is 5.63 Å². The summed E-state index contributed by atoms with van der Waals surface area (Å²) in [5.74, 6) is -0.931. The number of carbonyl (C=O) groups is 1. The monoisotopic (exact) mass is 147 g/mol. The van der Waals surface area contributed by atoms with Gasteiger partial charge in [-0.3, -0.25) is 0 Å². The van der Waals surface area contributed by atoms with Gasteiger partial charge in [0.25, 0.3) is 0 Å².